The maximum absolute atomic E-state index is 14.2. The van der Waals surface area contributed by atoms with Crippen molar-refractivity contribution in [3.8, 4) is 0 Å². The normalized spacial score (nSPS) is 15.6. The van der Waals surface area contributed by atoms with E-state index < -0.39 is 34.4 Å². The molecule has 2 aromatic rings. The van der Waals surface area contributed by atoms with Gasteiger partial charge in [-0.1, -0.05) is 20.8 Å². The molecule has 0 amide bonds. The van der Waals surface area contributed by atoms with Gasteiger partial charge in [-0.15, -0.1) is 4.72 Å². The minimum Gasteiger partial charge on any atom is -0.598 e. The molecule has 27 heavy (non-hydrogen) atoms. The molecule has 0 radical (unpaired) electrons. The molecule has 1 aromatic heterocycles. The van der Waals surface area contributed by atoms with Crippen LogP contribution < -0.4 is 4.72 Å². The average molecular weight is 467 g/mol. The quantitative estimate of drug-likeness (QED) is 0.553. The molecular weight excluding hydrogens is 441 g/mol. The first-order chi connectivity index (χ1) is 12.2. The summed E-state index contributed by atoms with van der Waals surface area (Å²) in [6, 6.07) is 1.39. The van der Waals surface area contributed by atoms with Gasteiger partial charge in [-0.2, -0.15) is 0 Å². The van der Waals surface area contributed by atoms with Crippen LogP contribution >= 0.6 is 15.9 Å². The van der Waals surface area contributed by atoms with Crippen LogP contribution in [0.2, 0.25) is 0 Å². The monoisotopic (exact) mass is 466 g/mol. The molecule has 8 heteroatoms. The van der Waals surface area contributed by atoms with Gasteiger partial charge in [0.25, 0.3) is 6.43 Å². The third-order valence-electron chi connectivity index (χ3n) is 3.98. The zero-order valence-corrected chi connectivity index (χ0v) is 18.8. The van der Waals surface area contributed by atoms with Crippen molar-refractivity contribution in [1.82, 2.24) is 9.29 Å². The first-order valence-electron chi connectivity index (χ1n) is 8.64. The minimum atomic E-state index is -2.79. The lowest BCUT2D eigenvalue weighted by molar-refractivity contribution is 0.109. The molecule has 0 aliphatic heterocycles. The Labute approximate surface area is 170 Å². The smallest absolute Gasteiger partial charge is 0.262 e. The molecule has 1 N–H and O–H groups in total. The maximum atomic E-state index is 14.2. The summed E-state index contributed by atoms with van der Waals surface area (Å²) in [5, 5.41) is 0.392. The van der Waals surface area contributed by atoms with Crippen LogP contribution in [-0.2, 0) is 17.9 Å². The van der Waals surface area contributed by atoms with Crippen molar-refractivity contribution in [2.75, 3.05) is 0 Å². The Bertz CT molecular complexity index is 812. The number of hydrogen-bond donors (Lipinski definition) is 1. The highest BCUT2D eigenvalue weighted by molar-refractivity contribution is 9.10. The van der Waals surface area contributed by atoms with Crippen LogP contribution in [-0.4, -0.2) is 20.3 Å². The van der Waals surface area contributed by atoms with Crippen molar-refractivity contribution < 1.29 is 17.7 Å². The van der Waals surface area contributed by atoms with Gasteiger partial charge >= 0.3 is 0 Å². The van der Waals surface area contributed by atoms with Crippen molar-refractivity contribution in [3.63, 3.8) is 0 Å². The molecule has 0 aliphatic carbocycles. The zero-order chi connectivity index (χ0) is 20.7. The topological polar surface area (TPSA) is 40.0 Å². The van der Waals surface area contributed by atoms with E-state index in [9.17, 15) is 17.7 Å². The SMILES string of the molecule is CC(C)(C)Cn1cc([C@H](N[S+]([O-])C(C)(C)C)C(F)F)c2cc(F)c(Br)cc21. The van der Waals surface area contributed by atoms with Crippen molar-refractivity contribution in [1.29, 1.82) is 0 Å². The first kappa shape index (κ1) is 22.6. The van der Waals surface area contributed by atoms with Gasteiger partial charge in [0.2, 0.25) is 0 Å². The summed E-state index contributed by atoms with van der Waals surface area (Å²) < 4.78 is 58.3. The minimum absolute atomic E-state index is 0.105. The second kappa shape index (κ2) is 7.97. The Kier molecular flexibility index (Phi) is 6.67. The molecule has 0 aliphatic rings. The van der Waals surface area contributed by atoms with Gasteiger partial charge in [-0.05, 0) is 54.2 Å². The largest absolute Gasteiger partial charge is 0.598 e. The highest BCUT2D eigenvalue weighted by Crippen LogP contribution is 2.35. The fourth-order valence-electron chi connectivity index (χ4n) is 2.74. The summed E-state index contributed by atoms with van der Waals surface area (Å²) in [4.78, 5) is 0. The van der Waals surface area contributed by atoms with Crippen LogP contribution in [0.25, 0.3) is 10.9 Å². The van der Waals surface area contributed by atoms with E-state index in [0.29, 0.717) is 17.4 Å². The second-order valence-electron chi connectivity index (χ2n) is 8.87. The molecule has 0 saturated heterocycles. The van der Waals surface area contributed by atoms with Crippen molar-refractivity contribution in [2.45, 2.75) is 65.3 Å². The summed E-state index contributed by atoms with van der Waals surface area (Å²) >= 11 is 1.48. The molecule has 0 bridgehead atoms. The lowest BCUT2D eigenvalue weighted by atomic mass is 9.97. The number of alkyl halides is 2. The summed E-state index contributed by atoms with van der Waals surface area (Å²) in [6.45, 7) is 11.8. The number of hydrogen-bond acceptors (Lipinski definition) is 2. The van der Waals surface area contributed by atoms with E-state index in [1.165, 1.54) is 6.07 Å². The van der Waals surface area contributed by atoms with Gasteiger partial charge in [-0.25, -0.2) is 13.2 Å². The third kappa shape index (κ3) is 5.43. The van der Waals surface area contributed by atoms with Crippen LogP contribution in [0.1, 0.15) is 53.1 Å². The Balaban J connectivity index is 2.62. The summed E-state index contributed by atoms with van der Waals surface area (Å²) in [7, 11) is 0. The van der Waals surface area contributed by atoms with Crippen LogP contribution in [0.3, 0.4) is 0 Å². The molecule has 1 unspecified atom stereocenters. The van der Waals surface area contributed by atoms with Crippen LogP contribution in [0.4, 0.5) is 13.2 Å². The molecule has 1 aromatic carbocycles. The Morgan fingerprint density at radius 2 is 1.78 bits per heavy atom. The molecule has 0 fully saturated rings. The lowest BCUT2D eigenvalue weighted by Crippen LogP contribution is -2.43. The fraction of sp³-hybridized carbons (Fsp3) is 0.579. The van der Waals surface area contributed by atoms with E-state index in [4.69, 9.17) is 0 Å². The van der Waals surface area contributed by atoms with E-state index in [1.807, 2.05) is 25.3 Å². The number of nitrogens with one attached hydrogen (secondary N) is 1. The van der Waals surface area contributed by atoms with E-state index >= 15 is 0 Å². The van der Waals surface area contributed by atoms with Crippen molar-refractivity contribution in [3.05, 3.63) is 34.2 Å². The summed E-state index contributed by atoms with van der Waals surface area (Å²) in [6.07, 6.45) is -1.18. The molecular formula is C19H26BrF3N2OS. The Morgan fingerprint density at radius 3 is 2.26 bits per heavy atom. The number of rotatable bonds is 5. The zero-order valence-electron chi connectivity index (χ0n) is 16.4. The second-order valence-corrected chi connectivity index (χ2v) is 11.7. The van der Waals surface area contributed by atoms with Gasteiger partial charge in [0.15, 0.2) is 0 Å². The van der Waals surface area contributed by atoms with E-state index in [1.54, 1.807) is 33.0 Å². The molecule has 0 saturated carbocycles. The Hall–Kier alpha value is -0.700. The van der Waals surface area contributed by atoms with Gasteiger partial charge < -0.3 is 9.12 Å². The van der Waals surface area contributed by atoms with E-state index in [0.717, 1.165) is 0 Å². The van der Waals surface area contributed by atoms with Gasteiger partial charge in [-0.3, -0.25) is 0 Å². The fourth-order valence-corrected chi connectivity index (χ4v) is 3.89. The highest BCUT2D eigenvalue weighted by atomic mass is 79.9. The van der Waals surface area contributed by atoms with E-state index in [2.05, 4.69) is 20.7 Å². The summed E-state index contributed by atoms with van der Waals surface area (Å²) in [5.41, 5.74) is 0.793. The molecule has 3 nitrogen and oxygen atoms in total. The van der Waals surface area contributed by atoms with Crippen LogP contribution in [0, 0.1) is 11.2 Å². The maximum Gasteiger partial charge on any atom is 0.262 e. The average Bonchev–Trinajstić information content (AvgIpc) is 2.79. The number of halogens is 4. The summed E-state index contributed by atoms with van der Waals surface area (Å²) in [5.74, 6) is -0.526. The highest BCUT2D eigenvalue weighted by Gasteiger charge is 2.36. The first-order valence-corrected chi connectivity index (χ1v) is 10.6. The number of fused-ring (bicyclic) bond motifs is 1. The molecule has 1 heterocycles. The van der Waals surface area contributed by atoms with Crippen molar-refractivity contribution >= 4 is 38.2 Å². The number of aromatic nitrogens is 1. The molecule has 152 valence electrons. The van der Waals surface area contributed by atoms with Gasteiger partial charge in [0.1, 0.15) is 16.6 Å². The van der Waals surface area contributed by atoms with Crippen LogP contribution in [0.15, 0.2) is 22.8 Å². The van der Waals surface area contributed by atoms with Crippen molar-refractivity contribution in [2.24, 2.45) is 5.41 Å². The third-order valence-corrected chi connectivity index (χ3v) is 6.16. The molecule has 2 rings (SSSR count). The van der Waals surface area contributed by atoms with E-state index in [-0.39, 0.29) is 15.5 Å². The number of benzene rings is 1. The number of nitrogens with zero attached hydrogens (tertiary/aromatic N) is 1. The standard InChI is InChI=1S/C19H26BrF3N2OS/c1-18(2,3)10-25-9-12(11-7-14(21)13(20)8-15(11)25)16(17(22)23)24-27(26)19(4,5)6/h7-9,16-17,24H,10H2,1-6H3/t16-,27?/m0/s1. The van der Waals surface area contributed by atoms with Crippen LogP contribution in [0.5, 0.6) is 0 Å². The van der Waals surface area contributed by atoms with Gasteiger partial charge in [0.05, 0.1) is 4.47 Å². The molecule has 2 atom stereocenters. The lowest BCUT2D eigenvalue weighted by Gasteiger charge is -2.27. The van der Waals surface area contributed by atoms with Gasteiger partial charge in [0, 0.05) is 40.6 Å². The predicted molar refractivity (Wildman–Crippen MR) is 109 cm³/mol. The molecule has 0 spiro atoms. The predicted octanol–water partition coefficient (Wildman–Crippen LogP) is 5.95. The Morgan fingerprint density at radius 1 is 1.19 bits per heavy atom.